The highest BCUT2D eigenvalue weighted by atomic mass is 32.2. The van der Waals surface area contributed by atoms with Crippen LogP contribution in [-0.2, 0) is 14.6 Å². The van der Waals surface area contributed by atoms with Gasteiger partial charge >= 0.3 is 5.97 Å². The minimum Gasteiger partial charge on any atom is -0.480 e. The summed E-state index contributed by atoms with van der Waals surface area (Å²) >= 11 is 0. The molecule has 3 N–H and O–H groups in total. The fourth-order valence-corrected chi connectivity index (χ4v) is 4.38. The standard InChI is InChI=1S/C12H14FNO4S/c1-2-19(17,18)10-9(12(10,14)11(15)16)7-4-3-5-8(13)6-7/h3-6,9-10H,2,14H2,1H3,(H,15,16)/t9-,10+,12+/m1/s1. The van der Waals surface area contributed by atoms with Gasteiger partial charge < -0.3 is 10.8 Å². The maximum atomic E-state index is 13.2. The molecule has 0 unspecified atom stereocenters. The summed E-state index contributed by atoms with van der Waals surface area (Å²) in [7, 11) is -3.62. The zero-order valence-electron chi connectivity index (χ0n) is 10.2. The van der Waals surface area contributed by atoms with Crippen molar-refractivity contribution in [2.75, 3.05) is 5.75 Å². The molecule has 2 rings (SSSR count). The van der Waals surface area contributed by atoms with Crippen molar-refractivity contribution in [3.63, 3.8) is 0 Å². The first-order valence-electron chi connectivity index (χ1n) is 5.74. The predicted octanol–water partition coefficient (Wildman–Crippen LogP) is 0.508. The number of benzene rings is 1. The molecule has 0 bridgehead atoms. The van der Waals surface area contributed by atoms with E-state index in [2.05, 4.69) is 0 Å². The van der Waals surface area contributed by atoms with Gasteiger partial charge in [0, 0.05) is 11.7 Å². The summed E-state index contributed by atoms with van der Waals surface area (Å²) in [6.07, 6.45) is 0. The van der Waals surface area contributed by atoms with Gasteiger partial charge in [0.05, 0.1) is 5.25 Å². The lowest BCUT2D eigenvalue weighted by molar-refractivity contribution is -0.139. The van der Waals surface area contributed by atoms with Gasteiger partial charge in [0.1, 0.15) is 11.4 Å². The summed E-state index contributed by atoms with van der Waals surface area (Å²) in [6.45, 7) is 1.43. The van der Waals surface area contributed by atoms with Gasteiger partial charge in [-0.3, -0.25) is 4.79 Å². The highest BCUT2D eigenvalue weighted by Crippen LogP contribution is 2.54. The van der Waals surface area contributed by atoms with Crippen LogP contribution < -0.4 is 5.73 Å². The minimum absolute atomic E-state index is 0.199. The first-order valence-corrected chi connectivity index (χ1v) is 7.46. The van der Waals surface area contributed by atoms with Crippen molar-refractivity contribution in [1.29, 1.82) is 0 Å². The second-order valence-electron chi connectivity index (χ2n) is 4.64. The van der Waals surface area contributed by atoms with Crippen LogP contribution >= 0.6 is 0 Å². The number of hydrogen-bond acceptors (Lipinski definition) is 4. The molecule has 3 atom stereocenters. The van der Waals surface area contributed by atoms with Crippen molar-refractivity contribution in [2.24, 2.45) is 5.73 Å². The summed E-state index contributed by atoms with van der Waals surface area (Å²) in [5, 5.41) is 7.96. The highest BCUT2D eigenvalue weighted by Gasteiger charge is 2.73. The monoisotopic (exact) mass is 287 g/mol. The predicted molar refractivity (Wildman–Crippen MR) is 66.9 cm³/mol. The van der Waals surface area contributed by atoms with Crippen LogP contribution in [0.4, 0.5) is 4.39 Å². The molecule has 0 aliphatic heterocycles. The Morgan fingerprint density at radius 1 is 1.53 bits per heavy atom. The molecule has 7 heteroatoms. The van der Waals surface area contributed by atoms with E-state index < -0.39 is 38.3 Å². The number of aliphatic carboxylic acids is 1. The summed E-state index contributed by atoms with van der Waals surface area (Å²) in [6, 6.07) is 5.22. The molecule has 104 valence electrons. The Labute approximate surface area is 110 Å². The van der Waals surface area contributed by atoms with Crippen LogP contribution in [0.15, 0.2) is 24.3 Å². The van der Waals surface area contributed by atoms with Gasteiger partial charge in [-0.1, -0.05) is 19.1 Å². The SMILES string of the molecule is CCS(=O)(=O)[C@H]1[C@@H](c2cccc(F)c2)[C@@]1(N)C(=O)O. The molecular formula is C12H14FNO4S. The molecular weight excluding hydrogens is 273 g/mol. The van der Waals surface area contributed by atoms with E-state index in [0.717, 1.165) is 6.07 Å². The molecule has 0 saturated heterocycles. The van der Waals surface area contributed by atoms with Crippen molar-refractivity contribution < 1.29 is 22.7 Å². The third-order valence-corrected chi connectivity index (χ3v) is 5.79. The Bertz CT molecular complexity index is 630. The van der Waals surface area contributed by atoms with E-state index in [1.807, 2.05) is 0 Å². The quantitative estimate of drug-likeness (QED) is 0.841. The van der Waals surface area contributed by atoms with Crippen LogP contribution in [0, 0.1) is 5.82 Å². The molecule has 1 aliphatic carbocycles. The maximum Gasteiger partial charge on any atom is 0.325 e. The molecule has 1 aliphatic rings. The lowest BCUT2D eigenvalue weighted by atomic mass is 10.1. The van der Waals surface area contributed by atoms with E-state index in [9.17, 15) is 17.6 Å². The minimum atomic E-state index is -3.62. The number of carboxylic acid groups (broad SMARTS) is 1. The van der Waals surface area contributed by atoms with E-state index >= 15 is 0 Å². The second-order valence-corrected chi connectivity index (χ2v) is 7.05. The number of halogens is 1. The van der Waals surface area contributed by atoms with Crippen molar-refractivity contribution in [3.05, 3.63) is 35.6 Å². The van der Waals surface area contributed by atoms with Gasteiger partial charge in [-0.2, -0.15) is 0 Å². The van der Waals surface area contributed by atoms with Gasteiger partial charge in [-0.15, -0.1) is 0 Å². The van der Waals surface area contributed by atoms with E-state index in [0.29, 0.717) is 5.56 Å². The molecule has 0 amide bonds. The number of rotatable bonds is 4. The van der Waals surface area contributed by atoms with Crippen molar-refractivity contribution in [3.8, 4) is 0 Å². The summed E-state index contributed by atoms with van der Waals surface area (Å²) in [5.74, 6) is -3.05. The lowest BCUT2D eigenvalue weighted by Gasteiger charge is -2.05. The molecule has 1 aromatic rings. The summed E-state index contributed by atoms with van der Waals surface area (Å²) in [5.41, 5.74) is 4.15. The third kappa shape index (κ3) is 2.02. The second kappa shape index (κ2) is 4.28. The molecule has 5 nitrogen and oxygen atoms in total. The van der Waals surface area contributed by atoms with E-state index in [1.165, 1.54) is 25.1 Å². The third-order valence-electron chi connectivity index (χ3n) is 3.55. The van der Waals surface area contributed by atoms with Crippen LogP contribution in [0.2, 0.25) is 0 Å². The smallest absolute Gasteiger partial charge is 0.325 e. The van der Waals surface area contributed by atoms with Crippen LogP contribution in [0.1, 0.15) is 18.4 Å². The Hall–Kier alpha value is -1.47. The number of carboxylic acids is 1. The lowest BCUT2D eigenvalue weighted by Crippen LogP contribution is -2.40. The molecule has 1 fully saturated rings. The van der Waals surface area contributed by atoms with Gasteiger partial charge in [0.25, 0.3) is 0 Å². The molecule has 1 aromatic carbocycles. The number of nitrogens with two attached hydrogens (primary N) is 1. The molecule has 1 saturated carbocycles. The van der Waals surface area contributed by atoms with Gasteiger partial charge in [-0.25, -0.2) is 12.8 Å². The van der Waals surface area contributed by atoms with Crippen LogP contribution in [0.25, 0.3) is 0 Å². The van der Waals surface area contributed by atoms with Crippen molar-refractivity contribution in [2.45, 2.75) is 23.6 Å². The molecule has 0 spiro atoms. The largest absolute Gasteiger partial charge is 0.480 e. The van der Waals surface area contributed by atoms with E-state index in [1.54, 1.807) is 0 Å². The van der Waals surface area contributed by atoms with Gasteiger partial charge in [0.15, 0.2) is 9.84 Å². The first kappa shape index (κ1) is 14.0. The van der Waals surface area contributed by atoms with Crippen molar-refractivity contribution in [1.82, 2.24) is 0 Å². The van der Waals surface area contributed by atoms with E-state index in [-0.39, 0.29) is 5.75 Å². The number of hydrogen-bond donors (Lipinski definition) is 2. The Morgan fingerprint density at radius 3 is 2.63 bits per heavy atom. The first-order chi connectivity index (χ1) is 8.75. The van der Waals surface area contributed by atoms with Gasteiger partial charge in [-0.05, 0) is 17.7 Å². The number of sulfone groups is 1. The Morgan fingerprint density at radius 2 is 2.16 bits per heavy atom. The topological polar surface area (TPSA) is 97.5 Å². The summed E-state index contributed by atoms with van der Waals surface area (Å²) in [4.78, 5) is 11.2. The maximum absolute atomic E-state index is 13.2. The van der Waals surface area contributed by atoms with Crippen LogP contribution in [-0.4, -0.2) is 36.0 Å². The fourth-order valence-electron chi connectivity index (χ4n) is 2.46. The molecule has 19 heavy (non-hydrogen) atoms. The zero-order valence-corrected chi connectivity index (χ0v) is 11.0. The molecule has 0 radical (unpaired) electrons. The zero-order chi connectivity index (χ0) is 14.4. The normalized spacial score (nSPS) is 30.1. The highest BCUT2D eigenvalue weighted by molar-refractivity contribution is 7.92. The summed E-state index contributed by atoms with van der Waals surface area (Å²) < 4.78 is 37.0. The fraction of sp³-hybridized carbons (Fsp3) is 0.417. The van der Waals surface area contributed by atoms with Crippen molar-refractivity contribution >= 4 is 15.8 Å². The Kier molecular flexibility index (Phi) is 3.14. The van der Waals surface area contributed by atoms with E-state index in [4.69, 9.17) is 10.8 Å². The average molecular weight is 287 g/mol. The molecule has 0 heterocycles. The average Bonchev–Trinajstić information content (AvgIpc) is 2.98. The van der Waals surface area contributed by atoms with Crippen LogP contribution in [0.5, 0.6) is 0 Å². The van der Waals surface area contributed by atoms with Crippen LogP contribution in [0.3, 0.4) is 0 Å². The van der Waals surface area contributed by atoms with Gasteiger partial charge in [0.2, 0.25) is 0 Å². The number of carbonyl (C=O) groups is 1. The Balaban J connectivity index is 2.49. The molecule has 0 aromatic heterocycles.